The fraction of sp³-hybridized carbons (Fsp3) is 0.0769. The fourth-order valence-electron chi connectivity index (χ4n) is 1.33. The topological polar surface area (TPSA) is 50.7 Å². The van der Waals surface area contributed by atoms with Crippen molar-refractivity contribution >= 4 is 11.6 Å². The van der Waals surface area contributed by atoms with Crippen LogP contribution in [0.1, 0.15) is 5.56 Å². The Bertz CT molecular complexity index is 475. The van der Waals surface area contributed by atoms with E-state index in [0.29, 0.717) is 6.54 Å². The third kappa shape index (κ3) is 3.31. The van der Waals surface area contributed by atoms with E-state index in [-0.39, 0.29) is 11.6 Å². The molecule has 2 rings (SSSR count). The molecule has 0 bridgehead atoms. The van der Waals surface area contributed by atoms with Gasteiger partial charge in [-0.05, 0) is 17.7 Å². The second-order valence-corrected chi connectivity index (χ2v) is 3.44. The summed E-state index contributed by atoms with van der Waals surface area (Å²) >= 11 is 0. The van der Waals surface area contributed by atoms with E-state index in [2.05, 4.69) is 10.5 Å². The van der Waals surface area contributed by atoms with E-state index in [0.717, 1.165) is 5.56 Å². The van der Waals surface area contributed by atoms with Crippen molar-refractivity contribution in [3.63, 3.8) is 0 Å². The number of hydrogen-bond acceptors (Lipinski definition) is 3. The molecule has 0 aliphatic carbocycles. The van der Waals surface area contributed by atoms with Crippen LogP contribution in [-0.2, 0) is 16.2 Å². The molecule has 0 radical (unpaired) electrons. The Kier molecular flexibility index (Phi) is 3.70. The molecule has 1 amide bonds. The normalized spacial score (nSPS) is 13.5. The highest BCUT2D eigenvalue weighted by Crippen LogP contribution is 1.98. The van der Waals surface area contributed by atoms with Crippen LogP contribution in [-0.4, -0.2) is 11.6 Å². The van der Waals surface area contributed by atoms with Crippen LogP contribution in [0.15, 0.2) is 60.0 Å². The van der Waals surface area contributed by atoms with Gasteiger partial charge in [0.15, 0.2) is 5.71 Å². The molecule has 0 unspecified atom stereocenters. The van der Waals surface area contributed by atoms with Crippen LogP contribution in [0.25, 0.3) is 0 Å². The molecule has 0 saturated heterocycles. The number of rotatable bonds is 3. The zero-order chi connectivity index (χ0) is 11.9. The Morgan fingerprint density at radius 2 is 2.06 bits per heavy atom. The second-order valence-electron chi connectivity index (χ2n) is 3.44. The maximum atomic E-state index is 11.7. The number of hydrogen-bond donors (Lipinski definition) is 1. The average Bonchev–Trinajstić information content (AvgIpc) is 2.66. The first-order valence-corrected chi connectivity index (χ1v) is 5.25. The molecule has 1 aliphatic rings. The van der Waals surface area contributed by atoms with Crippen molar-refractivity contribution in [3.05, 3.63) is 60.4 Å². The van der Waals surface area contributed by atoms with Gasteiger partial charge in [0.25, 0.3) is 5.91 Å². The van der Waals surface area contributed by atoms with Crippen molar-refractivity contribution in [2.75, 3.05) is 0 Å². The van der Waals surface area contributed by atoms with E-state index < -0.39 is 0 Å². The highest BCUT2D eigenvalue weighted by Gasteiger charge is 2.09. The number of carbonyl (C=O) groups is 1. The van der Waals surface area contributed by atoms with Gasteiger partial charge in [0.1, 0.15) is 6.26 Å². The van der Waals surface area contributed by atoms with Crippen LogP contribution in [0, 0.1) is 0 Å². The van der Waals surface area contributed by atoms with E-state index in [9.17, 15) is 4.79 Å². The SMILES string of the molecule is O=C(NCc1ccccc1)C1=NOC=CC=C1. The molecule has 1 aliphatic heterocycles. The van der Waals surface area contributed by atoms with Crippen LogP contribution < -0.4 is 5.32 Å². The molecule has 1 aromatic rings. The van der Waals surface area contributed by atoms with Crippen LogP contribution in [0.5, 0.6) is 0 Å². The van der Waals surface area contributed by atoms with E-state index in [1.165, 1.54) is 6.26 Å². The summed E-state index contributed by atoms with van der Waals surface area (Å²) in [5, 5.41) is 6.43. The minimum Gasteiger partial charge on any atom is -0.364 e. The van der Waals surface area contributed by atoms with Crippen molar-refractivity contribution in [1.29, 1.82) is 0 Å². The van der Waals surface area contributed by atoms with Gasteiger partial charge >= 0.3 is 0 Å². The lowest BCUT2D eigenvalue weighted by Crippen LogP contribution is -2.29. The predicted octanol–water partition coefficient (Wildman–Crippen LogP) is 1.76. The Morgan fingerprint density at radius 1 is 1.24 bits per heavy atom. The molecule has 17 heavy (non-hydrogen) atoms. The Morgan fingerprint density at radius 3 is 2.88 bits per heavy atom. The summed E-state index contributed by atoms with van der Waals surface area (Å²) in [4.78, 5) is 16.5. The molecule has 1 N–H and O–H groups in total. The summed E-state index contributed by atoms with van der Waals surface area (Å²) < 4.78 is 0. The van der Waals surface area contributed by atoms with Crippen molar-refractivity contribution < 1.29 is 9.63 Å². The zero-order valence-electron chi connectivity index (χ0n) is 9.17. The van der Waals surface area contributed by atoms with E-state index in [4.69, 9.17) is 4.84 Å². The second kappa shape index (κ2) is 5.65. The number of nitrogens with zero attached hydrogens (tertiary/aromatic N) is 1. The fourth-order valence-corrected chi connectivity index (χ4v) is 1.33. The van der Waals surface area contributed by atoms with Gasteiger partial charge in [-0.2, -0.15) is 0 Å². The molecule has 86 valence electrons. The molecule has 4 heteroatoms. The van der Waals surface area contributed by atoms with Gasteiger partial charge in [0, 0.05) is 6.54 Å². The first kappa shape index (κ1) is 11.1. The van der Waals surface area contributed by atoms with E-state index in [1.54, 1.807) is 18.2 Å². The van der Waals surface area contributed by atoms with Gasteiger partial charge in [0.05, 0.1) is 0 Å². The quantitative estimate of drug-likeness (QED) is 0.857. The molecule has 0 fully saturated rings. The number of allylic oxidation sites excluding steroid dienone is 2. The molecule has 0 aromatic heterocycles. The van der Waals surface area contributed by atoms with Crippen LogP contribution >= 0.6 is 0 Å². The smallest absolute Gasteiger partial charge is 0.273 e. The maximum Gasteiger partial charge on any atom is 0.273 e. The number of benzene rings is 1. The lowest BCUT2D eigenvalue weighted by atomic mass is 10.2. The summed E-state index contributed by atoms with van der Waals surface area (Å²) in [6.07, 6.45) is 6.38. The predicted molar refractivity (Wildman–Crippen MR) is 65.1 cm³/mol. The molecular formula is C13H12N2O2. The molecule has 0 saturated carbocycles. The van der Waals surface area contributed by atoms with Gasteiger partial charge in [-0.25, -0.2) is 0 Å². The monoisotopic (exact) mass is 228 g/mol. The molecule has 1 heterocycles. The Hall–Kier alpha value is -2.36. The minimum absolute atomic E-state index is 0.255. The molecule has 0 spiro atoms. The number of carbonyl (C=O) groups excluding carboxylic acids is 1. The number of oxime groups is 1. The molecule has 1 aromatic carbocycles. The van der Waals surface area contributed by atoms with Crippen LogP contribution in [0.2, 0.25) is 0 Å². The lowest BCUT2D eigenvalue weighted by molar-refractivity contribution is -0.115. The highest BCUT2D eigenvalue weighted by molar-refractivity contribution is 6.43. The summed E-state index contributed by atoms with van der Waals surface area (Å²) in [5.74, 6) is -0.256. The van der Waals surface area contributed by atoms with E-state index >= 15 is 0 Å². The maximum absolute atomic E-state index is 11.7. The van der Waals surface area contributed by atoms with Gasteiger partial charge in [-0.3, -0.25) is 4.79 Å². The zero-order valence-corrected chi connectivity index (χ0v) is 9.17. The Labute approximate surface area is 99.3 Å². The average molecular weight is 228 g/mol. The number of nitrogens with one attached hydrogen (secondary N) is 1. The van der Waals surface area contributed by atoms with Gasteiger partial charge in [-0.1, -0.05) is 41.6 Å². The summed E-state index contributed by atoms with van der Waals surface area (Å²) in [6.45, 7) is 0.472. The highest BCUT2D eigenvalue weighted by atomic mass is 16.6. The first-order chi connectivity index (χ1) is 8.36. The van der Waals surface area contributed by atoms with Gasteiger partial charge in [-0.15, -0.1) is 0 Å². The molecule has 4 nitrogen and oxygen atoms in total. The van der Waals surface area contributed by atoms with Crippen molar-refractivity contribution in [2.24, 2.45) is 5.16 Å². The Balaban J connectivity index is 1.92. The van der Waals surface area contributed by atoms with Gasteiger partial charge in [0.2, 0.25) is 0 Å². The molecular weight excluding hydrogens is 216 g/mol. The molecule has 0 atom stereocenters. The minimum atomic E-state index is -0.256. The van der Waals surface area contributed by atoms with Gasteiger partial charge < -0.3 is 10.2 Å². The lowest BCUT2D eigenvalue weighted by Gasteiger charge is -2.04. The summed E-state index contributed by atoms with van der Waals surface area (Å²) in [5.41, 5.74) is 1.30. The largest absolute Gasteiger partial charge is 0.364 e. The standard InChI is InChI=1S/C13H12N2O2/c16-13(12-8-4-5-9-17-15-12)14-10-11-6-2-1-3-7-11/h1-9H,10H2,(H,14,16). The first-order valence-electron chi connectivity index (χ1n) is 5.25. The number of amides is 1. The summed E-state index contributed by atoms with van der Waals surface area (Å²) in [6, 6.07) is 9.68. The van der Waals surface area contributed by atoms with E-state index in [1.807, 2.05) is 30.3 Å². The third-order valence-corrected chi connectivity index (χ3v) is 2.18. The summed E-state index contributed by atoms with van der Waals surface area (Å²) in [7, 11) is 0. The van der Waals surface area contributed by atoms with Crippen molar-refractivity contribution in [3.8, 4) is 0 Å². The third-order valence-electron chi connectivity index (χ3n) is 2.18. The van der Waals surface area contributed by atoms with Crippen LogP contribution in [0.4, 0.5) is 0 Å². The van der Waals surface area contributed by atoms with Crippen molar-refractivity contribution in [2.45, 2.75) is 6.54 Å². The van der Waals surface area contributed by atoms with Crippen molar-refractivity contribution in [1.82, 2.24) is 5.32 Å². The van der Waals surface area contributed by atoms with Crippen LogP contribution in [0.3, 0.4) is 0 Å².